The SMILES string of the molecule is Cc1nc2ccccn2c1C(=O)N1CCN(c2ccnc(N3CCCC3)n2)CC1. The quantitative estimate of drug-likeness (QED) is 0.680. The largest absolute Gasteiger partial charge is 0.353 e. The number of aromatic nitrogens is 4. The number of piperazine rings is 1. The van der Waals surface area contributed by atoms with E-state index in [2.05, 4.69) is 19.8 Å². The lowest BCUT2D eigenvalue weighted by molar-refractivity contribution is 0.0738. The molecule has 0 spiro atoms. The molecule has 0 radical (unpaired) electrons. The molecule has 1 amide bonds. The van der Waals surface area contributed by atoms with Crippen LogP contribution in [-0.4, -0.2) is 69.4 Å². The van der Waals surface area contributed by atoms with Gasteiger partial charge in [-0.25, -0.2) is 9.97 Å². The Morgan fingerprint density at radius 1 is 0.931 bits per heavy atom. The van der Waals surface area contributed by atoms with Gasteiger partial charge in [0.2, 0.25) is 5.95 Å². The van der Waals surface area contributed by atoms with Crippen LogP contribution in [-0.2, 0) is 0 Å². The third-order valence-corrected chi connectivity index (χ3v) is 5.81. The Hall–Kier alpha value is -3.16. The highest BCUT2D eigenvalue weighted by Gasteiger charge is 2.27. The molecule has 3 aromatic rings. The molecule has 0 aliphatic carbocycles. The molecule has 29 heavy (non-hydrogen) atoms. The number of fused-ring (bicyclic) bond motifs is 1. The number of hydrogen-bond acceptors (Lipinski definition) is 6. The molecule has 0 unspecified atom stereocenters. The minimum absolute atomic E-state index is 0.0429. The number of rotatable bonds is 3. The highest BCUT2D eigenvalue weighted by atomic mass is 16.2. The van der Waals surface area contributed by atoms with E-state index in [4.69, 9.17) is 4.98 Å². The van der Waals surface area contributed by atoms with Crippen LogP contribution in [0.15, 0.2) is 36.7 Å². The predicted molar refractivity (Wildman–Crippen MR) is 112 cm³/mol. The van der Waals surface area contributed by atoms with Crippen molar-refractivity contribution < 1.29 is 4.79 Å². The zero-order valence-electron chi connectivity index (χ0n) is 16.7. The number of carbonyl (C=O) groups excluding carboxylic acids is 1. The molecule has 2 fully saturated rings. The van der Waals surface area contributed by atoms with E-state index in [1.165, 1.54) is 12.8 Å². The van der Waals surface area contributed by atoms with Gasteiger partial charge in [-0.05, 0) is 38.0 Å². The van der Waals surface area contributed by atoms with E-state index in [0.29, 0.717) is 18.8 Å². The molecule has 2 aliphatic heterocycles. The van der Waals surface area contributed by atoms with Crippen molar-refractivity contribution >= 4 is 23.3 Å². The first-order valence-corrected chi connectivity index (χ1v) is 10.3. The molecule has 0 N–H and O–H groups in total. The van der Waals surface area contributed by atoms with E-state index in [-0.39, 0.29) is 5.91 Å². The average Bonchev–Trinajstić information content (AvgIpc) is 3.41. The minimum atomic E-state index is 0.0429. The number of aryl methyl sites for hydroxylation is 1. The van der Waals surface area contributed by atoms with Crippen LogP contribution in [0.2, 0.25) is 0 Å². The summed E-state index contributed by atoms with van der Waals surface area (Å²) in [4.78, 5) is 33.3. The zero-order valence-corrected chi connectivity index (χ0v) is 16.7. The number of anilines is 2. The number of imidazole rings is 1. The van der Waals surface area contributed by atoms with Crippen molar-refractivity contribution in [2.45, 2.75) is 19.8 Å². The number of carbonyl (C=O) groups is 1. The maximum absolute atomic E-state index is 13.2. The molecule has 150 valence electrons. The van der Waals surface area contributed by atoms with Crippen molar-refractivity contribution in [2.75, 3.05) is 49.1 Å². The van der Waals surface area contributed by atoms with Gasteiger partial charge in [-0.15, -0.1) is 0 Å². The second kappa shape index (κ2) is 7.35. The third kappa shape index (κ3) is 3.28. The number of pyridine rings is 1. The molecule has 3 aromatic heterocycles. The van der Waals surface area contributed by atoms with Crippen LogP contribution in [0.3, 0.4) is 0 Å². The fourth-order valence-corrected chi connectivity index (χ4v) is 4.24. The molecule has 5 heterocycles. The summed E-state index contributed by atoms with van der Waals surface area (Å²) >= 11 is 0. The van der Waals surface area contributed by atoms with Crippen molar-refractivity contribution in [3.63, 3.8) is 0 Å². The van der Waals surface area contributed by atoms with Gasteiger partial charge >= 0.3 is 0 Å². The van der Waals surface area contributed by atoms with Gasteiger partial charge in [-0.1, -0.05) is 6.07 Å². The van der Waals surface area contributed by atoms with Gasteiger partial charge in [0.25, 0.3) is 5.91 Å². The standard InChI is InChI=1S/C21H25N7O/c1-16-19(28-11-3-2-6-18(28)23-16)20(29)26-14-12-25(13-15-26)17-7-8-22-21(24-17)27-9-4-5-10-27/h2-3,6-8,11H,4-5,9-10,12-15H2,1H3. The van der Waals surface area contributed by atoms with Crippen molar-refractivity contribution in [1.82, 2.24) is 24.3 Å². The van der Waals surface area contributed by atoms with E-state index in [1.54, 1.807) is 0 Å². The Labute approximate surface area is 169 Å². The molecule has 0 saturated carbocycles. The third-order valence-electron chi connectivity index (χ3n) is 5.81. The lowest BCUT2D eigenvalue weighted by Gasteiger charge is -2.35. The van der Waals surface area contributed by atoms with Gasteiger partial charge in [-0.3, -0.25) is 9.20 Å². The maximum Gasteiger partial charge on any atom is 0.272 e. The molecule has 0 aromatic carbocycles. The zero-order chi connectivity index (χ0) is 19.8. The molecule has 2 saturated heterocycles. The van der Waals surface area contributed by atoms with E-state index in [9.17, 15) is 4.79 Å². The first-order chi connectivity index (χ1) is 14.2. The average molecular weight is 391 g/mol. The second-order valence-electron chi connectivity index (χ2n) is 7.66. The molecule has 0 bridgehead atoms. The Balaban J connectivity index is 1.30. The Kier molecular flexibility index (Phi) is 4.54. The number of nitrogens with zero attached hydrogens (tertiary/aromatic N) is 7. The Morgan fingerprint density at radius 3 is 2.52 bits per heavy atom. The molecular formula is C21H25N7O. The minimum Gasteiger partial charge on any atom is -0.353 e. The molecule has 8 nitrogen and oxygen atoms in total. The summed E-state index contributed by atoms with van der Waals surface area (Å²) < 4.78 is 1.89. The van der Waals surface area contributed by atoms with Crippen LogP contribution in [0.25, 0.3) is 5.65 Å². The maximum atomic E-state index is 13.2. The first-order valence-electron chi connectivity index (χ1n) is 10.3. The van der Waals surface area contributed by atoms with Gasteiger partial charge in [-0.2, -0.15) is 4.98 Å². The summed E-state index contributed by atoms with van der Waals surface area (Å²) in [7, 11) is 0. The van der Waals surface area contributed by atoms with Gasteiger partial charge in [0.15, 0.2) is 0 Å². The van der Waals surface area contributed by atoms with Crippen LogP contribution in [0.5, 0.6) is 0 Å². The van der Waals surface area contributed by atoms with Crippen molar-refractivity contribution in [3.05, 3.63) is 48.0 Å². The highest BCUT2D eigenvalue weighted by Crippen LogP contribution is 2.21. The second-order valence-corrected chi connectivity index (χ2v) is 7.66. The molecule has 5 rings (SSSR count). The van der Waals surface area contributed by atoms with Crippen LogP contribution >= 0.6 is 0 Å². The Bertz CT molecular complexity index is 1030. The number of hydrogen-bond donors (Lipinski definition) is 0. The monoisotopic (exact) mass is 391 g/mol. The lowest BCUT2D eigenvalue weighted by Crippen LogP contribution is -2.49. The predicted octanol–water partition coefficient (Wildman–Crippen LogP) is 2.00. The topological polar surface area (TPSA) is 69.9 Å². The fraction of sp³-hybridized carbons (Fsp3) is 0.429. The highest BCUT2D eigenvalue weighted by molar-refractivity contribution is 5.94. The van der Waals surface area contributed by atoms with Crippen LogP contribution in [0.4, 0.5) is 11.8 Å². The van der Waals surface area contributed by atoms with Gasteiger partial charge in [0.1, 0.15) is 17.2 Å². The molecule has 2 aliphatic rings. The summed E-state index contributed by atoms with van der Waals surface area (Å²) in [6.07, 6.45) is 6.16. The van der Waals surface area contributed by atoms with Crippen LogP contribution < -0.4 is 9.80 Å². The van der Waals surface area contributed by atoms with Gasteiger partial charge < -0.3 is 14.7 Å². The smallest absolute Gasteiger partial charge is 0.272 e. The molecule has 0 atom stereocenters. The van der Waals surface area contributed by atoms with Crippen LogP contribution in [0, 0.1) is 6.92 Å². The normalized spacial score (nSPS) is 17.3. The summed E-state index contributed by atoms with van der Waals surface area (Å²) in [6.45, 7) is 6.82. The summed E-state index contributed by atoms with van der Waals surface area (Å²) in [5.74, 6) is 1.81. The van der Waals surface area contributed by atoms with Crippen LogP contribution in [0.1, 0.15) is 29.0 Å². The fourth-order valence-electron chi connectivity index (χ4n) is 4.24. The summed E-state index contributed by atoms with van der Waals surface area (Å²) in [5.41, 5.74) is 2.24. The Morgan fingerprint density at radius 2 is 1.72 bits per heavy atom. The van der Waals surface area contributed by atoms with Crippen molar-refractivity contribution in [2.24, 2.45) is 0 Å². The summed E-state index contributed by atoms with van der Waals surface area (Å²) in [5, 5.41) is 0. The van der Waals surface area contributed by atoms with E-state index >= 15 is 0 Å². The molecular weight excluding hydrogens is 366 g/mol. The van der Waals surface area contributed by atoms with E-state index in [0.717, 1.165) is 49.3 Å². The first kappa shape index (κ1) is 17.9. The van der Waals surface area contributed by atoms with Gasteiger partial charge in [0.05, 0.1) is 5.69 Å². The van der Waals surface area contributed by atoms with Crippen molar-refractivity contribution in [3.8, 4) is 0 Å². The summed E-state index contributed by atoms with van der Waals surface area (Å²) in [6, 6.07) is 7.75. The molecule has 8 heteroatoms. The number of amides is 1. The lowest BCUT2D eigenvalue weighted by atomic mass is 10.2. The van der Waals surface area contributed by atoms with E-state index in [1.807, 2.05) is 52.9 Å². The van der Waals surface area contributed by atoms with Gasteiger partial charge in [0, 0.05) is 51.7 Å². The van der Waals surface area contributed by atoms with Crippen molar-refractivity contribution in [1.29, 1.82) is 0 Å². The van der Waals surface area contributed by atoms with E-state index < -0.39 is 0 Å².